The second kappa shape index (κ2) is 8.25. The molecule has 5 rings (SSSR count). The number of hydrogen-bond donors (Lipinski definition) is 0. The van der Waals surface area contributed by atoms with Crippen molar-refractivity contribution in [1.29, 1.82) is 0 Å². The van der Waals surface area contributed by atoms with Crippen molar-refractivity contribution in [3.63, 3.8) is 0 Å². The van der Waals surface area contributed by atoms with Gasteiger partial charge in [0.05, 0.1) is 18.8 Å². The highest BCUT2D eigenvalue weighted by molar-refractivity contribution is 5.83. The first kappa shape index (κ1) is 18.2. The van der Waals surface area contributed by atoms with Gasteiger partial charge in [-0.2, -0.15) is 10.1 Å². The van der Waals surface area contributed by atoms with Crippen molar-refractivity contribution in [2.45, 2.75) is 32.1 Å². The molecule has 0 spiro atoms. The Bertz CT molecular complexity index is 1060. The summed E-state index contributed by atoms with van der Waals surface area (Å²) in [5.74, 6) is 1.76. The fourth-order valence-electron chi connectivity index (χ4n) is 3.40. The topological polar surface area (TPSA) is 66.0 Å². The Morgan fingerprint density at radius 3 is 2.50 bits per heavy atom. The van der Waals surface area contributed by atoms with Crippen molar-refractivity contribution >= 4 is 10.9 Å². The maximum Gasteiger partial charge on any atom is 0.258 e. The molecule has 0 bridgehead atoms. The molecule has 144 valence electrons. The molecule has 0 unspecified atom stereocenters. The number of methoxy groups -OCH3 is 1. The lowest BCUT2D eigenvalue weighted by atomic mass is 10.1. The van der Waals surface area contributed by atoms with Crippen LogP contribution in [0.25, 0.3) is 33.7 Å². The molecule has 28 heavy (non-hydrogen) atoms. The van der Waals surface area contributed by atoms with Gasteiger partial charge >= 0.3 is 0 Å². The van der Waals surface area contributed by atoms with Gasteiger partial charge in [0.25, 0.3) is 5.89 Å². The zero-order chi connectivity index (χ0) is 19.3. The van der Waals surface area contributed by atoms with Crippen LogP contribution in [0.15, 0.2) is 53.2 Å². The highest BCUT2D eigenvalue weighted by atomic mass is 16.5. The SMILES string of the molecule is C1CCCC1.COc1cccc(-c2nc(-c3ccc4c(cnn4C)c3)no2)c1. The van der Waals surface area contributed by atoms with E-state index in [0.717, 1.165) is 27.8 Å². The smallest absolute Gasteiger partial charge is 0.258 e. The van der Waals surface area contributed by atoms with E-state index < -0.39 is 0 Å². The van der Waals surface area contributed by atoms with Crippen molar-refractivity contribution in [2.75, 3.05) is 7.11 Å². The van der Waals surface area contributed by atoms with Gasteiger partial charge in [-0.25, -0.2) is 0 Å². The summed E-state index contributed by atoms with van der Waals surface area (Å²) in [7, 11) is 3.54. The van der Waals surface area contributed by atoms with E-state index in [9.17, 15) is 0 Å². The van der Waals surface area contributed by atoms with Gasteiger partial charge in [-0.3, -0.25) is 4.68 Å². The second-order valence-corrected chi connectivity index (χ2v) is 6.96. The number of nitrogens with zero attached hydrogens (tertiary/aromatic N) is 4. The zero-order valence-electron chi connectivity index (χ0n) is 16.3. The standard InChI is InChI=1S/C17H14N4O2.C5H10/c1-21-15-7-6-11(8-13(15)10-18-21)16-19-17(23-20-16)12-4-3-5-14(9-12)22-2;1-2-4-5-3-1/h3-10H,1-2H3;1-5H2. The third-order valence-corrected chi connectivity index (χ3v) is 5.00. The van der Waals surface area contributed by atoms with Crippen molar-refractivity contribution < 1.29 is 9.26 Å². The summed E-state index contributed by atoms with van der Waals surface area (Å²) < 4.78 is 12.4. The van der Waals surface area contributed by atoms with Gasteiger partial charge in [0.15, 0.2) is 0 Å². The second-order valence-electron chi connectivity index (χ2n) is 6.96. The molecule has 0 N–H and O–H groups in total. The summed E-state index contributed by atoms with van der Waals surface area (Å²) in [5.41, 5.74) is 2.78. The molecule has 1 fully saturated rings. The molecule has 6 nitrogen and oxygen atoms in total. The summed E-state index contributed by atoms with van der Waals surface area (Å²) in [6, 6.07) is 13.5. The van der Waals surface area contributed by atoms with Crippen LogP contribution in [-0.2, 0) is 7.05 Å². The minimum Gasteiger partial charge on any atom is -0.497 e. The number of fused-ring (bicyclic) bond motifs is 1. The van der Waals surface area contributed by atoms with Crippen LogP contribution in [0.2, 0.25) is 0 Å². The molecule has 2 heterocycles. The highest BCUT2D eigenvalue weighted by Crippen LogP contribution is 2.26. The van der Waals surface area contributed by atoms with E-state index in [1.54, 1.807) is 7.11 Å². The van der Waals surface area contributed by atoms with Gasteiger partial charge in [0, 0.05) is 23.6 Å². The van der Waals surface area contributed by atoms with Crippen molar-refractivity contribution in [2.24, 2.45) is 7.05 Å². The molecule has 1 saturated carbocycles. The number of aromatic nitrogens is 4. The molecule has 4 aromatic rings. The minimum absolute atomic E-state index is 0.463. The molecule has 1 aliphatic carbocycles. The average Bonchev–Trinajstić information content (AvgIpc) is 3.51. The lowest BCUT2D eigenvalue weighted by Crippen LogP contribution is -1.88. The normalized spacial score (nSPS) is 13.4. The Labute approximate surface area is 164 Å². The molecule has 6 heteroatoms. The van der Waals surface area contributed by atoms with E-state index >= 15 is 0 Å². The fourth-order valence-corrected chi connectivity index (χ4v) is 3.40. The van der Waals surface area contributed by atoms with Crippen LogP contribution in [0.5, 0.6) is 5.75 Å². The first-order valence-corrected chi connectivity index (χ1v) is 9.65. The van der Waals surface area contributed by atoms with Crippen molar-refractivity contribution in [3.05, 3.63) is 48.7 Å². The first-order chi connectivity index (χ1) is 13.7. The van der Waals surface area contributed by atoms with Crippen LogP contribution in [0.1, 0.15) is 32.1 Å². The quantitative estimate of drug-likeness (QED) is 0.488. The van der Waals surface area contributed by atoms with Gasteiger partial charge in [-0.15, -0.1) is 0 Å². The van der Waals surface area contributed by atoms with Crippen molar-refractivity contribution in [1.82, 2.24) is 19.9 Å². The van der Waals surface area contributed by atoms with Gasteiger partial charge in [-0.05, 0) is 36.4 Å². The third kappa shape index (κ3) is 3.91. The Morgan fingerprint density at radius 2 is 1.75 bits per heavy atom. The monoisotopic (exact) mass is 376 g/mol. The zero-order valence-corrected chi connectivity index (χ0v) is 16.3. The number of aryl methyl sites for hydroxylation is 1. The lowest BCUT2D eigenvalue weighted by Gasteiger charge is -1.99. The molecule has 2 aromatic carbocycles. The third-order valence-electron chi connectivity index (χ3n) is 5.00. The van der Waals surface area contributed by atoms with Crippen LogP contribution >= 0.6 is 0 Å². The van der Waals surface area contributed by atoms with Crippen LogP contribution in [-0.4, -0.2) is 27.0 Å². The van der Waals surface area contributed by atoms with Gasteiger partial charge in [0.2, 0.25) is 5.82 Å². The van der Waals surface area contributed by atoms with E-state index in [0.29, 0.717) is 11.7 Å². The largest absolute Gasteiger partial charge is 0.497 e. The molecular weight excluding hydrogens is 352 g/mol. The number of rotatable bonds is 3. The Morgan fingerprint density at radius 1 is 0.964 bits per heavy atom. The van der Waals surface area contributed by atoms with Crippen molar-refractivity contribution in [3.8, 4) is 28.6 Å². The van der Waals surface area contributed by atoms with E-state index in [1.807, 2.05) is 60.4 Å². The Hall–Kier alpha value is -3.15. The lowest BCUT2D eigenvalue weighted by molar-refractivity contribution is 0.413. The van der Waals surface area contributed by atoms with Gasteiger partial charge in [0.1, 0.15) is 5.75 Å². The predicted octanol–water partition coefficient (Wildman–Crippen LogP) is 5.25. The first-order valence-electron chi connectivity index (χ1n) is 9.65. The van der Waals surface area contributed by atoms with E-state index in [2.05, 4.69) is 15.2 Å². The molecule has 0 amide bonds. The van der Waals surface area contributed by atoms with E-state index in [-0.39, 0.29) is 0 Å². The average molecular weight is 376 g/mol. The van der Waals surface area contributed by atoms with E-state index in [4.69, 9.17) is 9.26 Å². The molecule has 2 aromatic heterocycles. The maximum absolute atomic E-state index is 5.38. The minimum atomic E-state index is 0.463. The molecule has 0 radical (unpaired) electrons. The molecular formula is C22H24N4O2. The van der Waals surface area contributed by atoms with E-state index in [1.165, 1.54) is 32.1 Å². The van der Waals surface area contributed by atoms with Crippen LogP contribution in [0.3, 0.4) is 0 Å². The predicted molar refractivity (Wildman–Crippen MR) is 109 cm³/mol. The summed E-state index contributed by atoms with van der Waals surface area (Å²) in [5, 5.41) is 9.36. The maximum atomic E-state index is 5.38. The highest BCUT2D eigenvalue weighted by Gasteiger charge is 2.12. The Kier molecular flexibility index (Phi) is 5.37. The molecule has 1 aliphatic rings. The molecule has 0 atom stereocenters. The summed E-state index contributed by atoms with van der Waals surface area (Å²) in [6.07, 6.45) is 9.32. The fraction of sp³-hybridized carbons (Fsp3) is 0.318. The van der Waals surface area contributed by atoms with Gasteiger partial charge < -0.3 is 9.26 Å². The molecule has 0 aliphatic heterocycles. The number of hydrogen-bond acceptors (Lipinski definition) is 5. The summed E-state index contributed by atoms with van der Waals surface area (Å²) in [6.45, 7) is 0. The summed E-state index contributed by atoms with van der Waals surface area (Å²) in [4.78, 5) is 4.48. The van der Waals surface area contributed by atoms with Crippen LogP contribution in [0.4, 0.5) is 0 Å². The molecule has 0 saturated heterocycles. The van der Waals surface area contributed by atoms with Crippen LogP contribution in [0, 0.1) is 0 Å². The number of ether oxygens (including phenoxy) is 1. The van der Waals surface area contributed by atoms with Gasteiger partial charge in [-0.1, -0.05) is 43.3 Å². The Balaban J connectivity index is 0.000000336. The number of benzene rings is 2. The summed E-state index contributed by atoms with van der Waals surface area (Å²) >= 11 is 0. The van der Waals surface area contributed by atoms with Crippen LogP contribution < -0.4 is 4.74 Å².